The smallest absolute Gasteiger partial charge is 0.295 e. The van der Waals surface area contributed by atoms with E-state index in [4.69, 9.17) is 0 Å². The van der Waals surface area contributed by atoms with E-state index in [9.17, 15) is 4.79 Å². The fourth-order valence-corrected chi connectivity index (χ4v) is 1.32. The van der Waals surface area contributed by atoms with Gasteiger partial charge >= 0.3 is 0 Å². The Bertz CT molecular complexity index is 541. The Morgan fingerprint density at radius 3 is 2.72 bits per heavy atom. The normalized spacial score (nSPS) is 11.3. The highest BCUT2D eigenvalue weighted by molar-refractivity contribution is 6.01. The van der Waals surface area contributed by atoms with Crippen LogP contribution in [0.15, 0.2) is 24.5 Å². The number of carbonyl (C=O) groups excluding carboxylic acids is 1. The van der Waals surface area contributed by atoms with Crippen LogP contribution in [-0.2, 0) is 5.41 Å². The zero-order valence-electron chi connectivity index (χ0n) is 10.6. The number of rotatable bonds is 2. The lowest BCUT2D eigenvalue weighted by Gasteiger charge is -2.12. The number of anilines is 1. The monoisotopic (exact) mass is 245 g/mol. The van der Waals surface area contributed by atoms with Crippen LogP contribution in [0.1, 0.15) is 37.2 Å². The molecule has 0 radical (unpaired) electrons. The second kappa shape index (κ2) is 4.56. The van der Waals surface area contributed by atoms with Gasteiger partial charge in [-0.25, -0.2) is 4.98 Å². The number of aromatic nitrogens is 4. The minimum Gasteiger partial charge on any atom is -0.318 e. The van der Waals surface area contributed by atoms with Gasteiger partial charge in [0.05, 0.1) is 11.9 Å². The molecule has 1 amide bonds. The van der Waals surface area contributed by atoms with Crippen LogP contribution >= 0.6 is 0 Å². The molecule has 0 aliphatic carbocycles. The van der Waals surface area contributed by atoms with Crippen LogP contribution in [0.4, 0.5) is 5.69 Å². The summed E-state index contributed by atoms with van der Waals surface area (Å²) in [6.07, 6.45) is 3.20. The predicted molar refractivity (Wildman–Crippen MR) is 67.3 cm³/mol. The van der Waals surface area contributed by atoms with Crippen LogP contribution < -0.4 is 5.32 Å². The zero-order valence-corrected chi connectivity index (χ0v) is 10.6. The predicted octanol–water partition coefficient (Wildman–Crippen LogP) is 1.75. The molecular formula is C12H15N5O. The van der Waals surface area contributed by atoms with E-state index in [0.29, 0.717) is 11.5 Å². The van der Waals surface area contributed by atoms with Crippen molar-refractivity contribution in [3.63, 3.8) is 0 Å². The van der Waals surface area contributed by atoms with Gasteiger partial charge in [-0.1, -0.05) is 20.8 Å². The van der Waals surface area contributed by atoms with Gasteiger partial charge in [-0.2, -0.15) is 0 Å². The van der Waals surface area contributed by atoms with Crippen LogP contribution in [-0.4, -0.2) is 26.1 Å². The summed E-state index contributed by atoms with van der Waals surface area (Å²) in [6.45, 7) is 5.99. The third-order valence-corrected chi connectivity index (χ3v) is 2.32. The number of pyridine rings is 1. The van der Waals surface area contributed by atoms with E-state index in [0.717, 1.165) is 0 Å². The summed E-state index contributed by atoms with van der Waals surface area (Å²) in [7, 11) is 0. The highest BCUT2D eigenvalue weighted by Gasteiger charge is 2.21. The van der Waals surface area contributed by atoms with Gasteiger partial charge in [0, 0.05) is 11.6 Å². The number of amides is 1. The highest BCUT2D eigenvalue weighted by Crippen LogP contribution is 2.17. The molecule has 18 heavy (non-hydrogen) atoms. The average molecular weight is 245 g/mol. The van der Waals surface area contributed by atoms with Gasteiger partial charge in [0.25, 0.3) is 5.91 Å². The molecule has 0 saturated heterocycles. The van der Waals surface area contributed by atoms with Gasteiger partial charge in [0.2, 0.25) is 5.82 Å². The van der Waals surface area contributed by atoms with Crippen LogP contribution in [0.5, 0.6) is 0 Å². The van der Waals surface area contributed by atoms with Gasteiger partial charge in [-0.05, 0) is 12.1 Å². The number of nitrogens with one attached hydrogen (secondary N) is 2. The van der Waals surface area contributed by atoms with E-state index in [1.807, 2.05) is 20.8 Å². The van der Waals surface area contributed by atoms with Gasteiger partial charge in [-0.15, -0.1) is 5.10 Å². The number of hydrogen-bond donors (Lipinski definition) is 2. The second-order valence-electron chi connectivity index (χ2n) is 4.95. The van der Waals surface area contributed by atoms with E-state index in [1.165, 1.54) is 0 Å². The summed E-state index contributed by atoms with van der Waals surface area (Å²) in [4.78, 5) is 20.0. The van der Waals surface area contributed by atoms with Crippen molar-refractivity contribution < 1.29 is 4.79 Å². The SMILES string of the molecule is CC(C)(C)c1nc(C(=O)Nc2cccnc2)n[nH]1. The maximum atomic E-state index is 11.9. The largest absolute Gasteiger partial charge is 0.318 e. The van der Waals surface area contributed by atoms with Crippen molar-refractivity contribution in [1.82, 2.24) is 20.2 Å². The van der Waals surface area contributed by atoms with Crippen LogP contribution in [0.2, 0.25) is 0 Å². The minimum atomic E-state index is -0.352. The molecule has 0 spiro atoms. The molecule has 0 aromatic carbocycles. The quantitative estimate of drug-likeness (QED) is 0.844. The van der Waals surface area contributed by atoms with Gasteiger partial charge in [0.15, 0.2) is 0 Å². The summed E-state index contributed by atoms with van der Waals surface area (Å²) >= 11 is 0. The summed E-state index contributed by atoms with van der Waals surface area (Å²) in [5.74, 6) is 0.456. The van der Waals surface area contributed by atoms with Crippen molar-refractivity contribution >= 4 is 11.6 Å². The number of H-pyrrole nitrogens is 1. The fraction of sp³-hybridized carbons (Fsp3) is 0.333. The number of carbonyl (C=O) groups is 1. The number of nitrogens with zero attached hydrogens (tertiary/aromatic N) is 3. The van der Waals surface area contributed by atoms with Crippen LogP contribution in [0, 0.1) is 0 Å². The van der Waals surface area contributed by atoms with Crippen molar-refractivity contribution in [3.8, 4) is 0 Å². The van der Waals surface area contributed by atoms with E-state index < -0.39 is 0 Å². The fourth-order valence-electron chi connectivity index (χ4n) is 1.32. The van der Waals surface area contributed by atoms with Crippen LogP contribution in [0.25, 0.3) is 0 Å². The van der Waals surface area contributed by atoms with E-state index in [2.05, 4.69) is 25.5 Å². The third kappa shape index (κ3) is 2.71. The maximum absolute atomic E-state index is 11.9. The lowest BCUT2D eigenvalue weighted by Crippen LogP contribution is -2.16. The van der Waals surface area contributed by atoms with Gasteiger partial charge < -0.3 is 5.32 Å². The number of aromatic amines is 1. The molecule has 6 nitrogen and oxygen atoms in total. The zero-order chi connectivity index (χ0) is 13.2. The Labute approximate surface area is 105 Å². The molecule has 0 atom stereocenters. The summed E-state index contributed by atoms with van der Waals surface area (Å²) in [6, 6.07) is 3.50. The first kappa shape index (κ1) is 12.2. The van der Waals surface area contributed by atoms with E-state index >= 15 is 0 Å². The summed E-state index contributed by atoms with van der Waals surface area (Å²) in [5, 5.41) is 9.36. The summed E-state index contributed by atoms with van der Waals surface area (Å²) in [5.41, 5.74) is 0.449. The maximum Gasteiger partial charge on any atom is 0.295 e. The van der Waals surface area contributed by atoms with Crippen LogP contribution in [0.3, 0.4) is 0 Å². The van der Waals surface area contributed by atoms with Gasteiger partial charge in [0.1, 0.15) is 5.82 Å². The lowest BCUT2D eigenvalue weighted by molar-refractivity contribution is 0.101. The molecule has 0 saturated carbocycles. The van der Waals surface area contributed by atoms with Crippen molar-refractivity contribution in [2.45, 2.75) is 26.2 Å². The van der Waals surface area contributed by atoms with E-state index in [-0.39, 0.29) is 17.1 Å². The first-order valence-electron chi connectivity index (χ1n) is 5.61. The third-order valence-electron chi connectivity index (χ3n) is 2.32. The topological polar surface area (TPSA) is 83.6 Å². The highest BCUT2D eigenvalue weighted by atomic mass is 16.2. The molecule has 2 aromatic heterocycles. The molecular weight excluding hydrogens is 230 g/mol. The summed E-state index contributed by atoms with van der Waals surface area (Å²) < 4.78 is 0. The molecule has 2 aromatic rings. The van der Waals surface area contributed by atoms with E-state index in [1.54, 1.807) is 24.5 Å². The van der Waals surface area contributed by atoms with Crippen molar-refractivity contribution in [3.05, 3.63) is 36.2 Å². The first-order chi connectivity index (χ1) is 8.47. The van der Waals surface area contributed by atoms with Crippen molar-refractivity contribution in [1.29, 1.82) is 0 Å². The standard InChI is InChI=1S/C12H15N5O/c1-12(2,3)11-15-9(16-17-11)10(18)14-8-5-4-6-13-7-8/h4-7H,1-3H3,(H,14,18)(H,15,16,17). The molecule has 0 aliphatic rings. The molecule has 0 unspecified atom stereocenters. The lowest BCUT2D eigenvalue weighted by atomic mass is 9.96. The first-order valence-corrected chi connectivity index (χ1v) is 5.61. The second-order valence-corrected chi connectivity index (χ2v) is 4.95. The Morgan fingerprint density at radius 2 is 2.17 bits per heavy atom. The van der Waals surface area contributed by atoms with Crippen molar-refractivity contribution in [2.24, 2.45) is 0 Å². The Kier molecular flexibility index (Phi) is 3.10. The Balaban J connectivity index is 2.13. The molecule has 2 N–H and O–H groups in total. The molecule has 0 bridgehead atoms. The van der Waals surface area contributed by atoms with Gasteiger partial charge in [-0.3, -0.25) is 14.9 Å². The molecule has 0 aliphatic heterocycles. The molecule has 94 valence electrons. The number of hydrogen-bond acceptors (Lipinski definition) is 4. The Morgan fingerprint density at radius 1 is 1.39 bits per heavy atom. The Hall–Kier alpha value is -2.24. The molecule has 2 heterocycles. The molecule has 2 rings (SSSR count). The average Bonchev–Trinajstić information content (AvgIpc) is 2.79. The minimum absolute atomic E-state index is 0.128. The molecule has 0 fully saturated rings. The van der Waals surface area contributed by atoms with Crippen molar-refractivity contribution in [2.75, 3.05) is 5.32 Å². The molecule has 6 heteroatoms.